The van der Waals surface area contributed by atoms with Crippen molar-refractivity contribution in [3.63, 3.8) is 0 Å². The van der Waals surface area contributed by atoms with E-state index in [0.717, 1.165) is 64.2 Å². The number of hydrogen-bond acceptors (Lipinski definition) is 2. The second-order valence-corrected chi connectivity index (χ2v) is 9.95. The van der Waals surface area contributed by atoms with Crippen LogP contribution in [0.5, 0.6) is 0 Å². The van der Waals surface area contributed by atoms with Gasteiger partial charge >= 0.3 is 0 Å². The molecule has 0 spiro atoms. The van der Waals surface area contributed by atoms with Crippen LogP contribution >= 0.6 is 0 Å². The van der Waals surface area contributed by atoms with Crippen LogP contribution in [-0.2, 0) is 0 Å². The fourth-order valence-electron chi connectivity index (χ4n) is 6.81. The minimum atomic E-state index is -0.624. The maximum Gasteiger partial charge on any atom is 0.0731 e. The molecule has 3 fully saturated rings. The molecule has 0 aromatic rings. The first-order valence-electron chi connectivity index (χ1n) is 12.1. The minimum absolute atomic E-state index is 0.250. The van der Waals surface area contributed by atoms with Crippen molar-refractivity contribution in [2.45, 2.75) is 146 Å². The van der Waals surface area contributed by atoms with E-state index in [0.29, 0.717) is 0 Å². The summed E-state index contributed by atoms with van der Waals surface area (Å²) in [4.78, 5) is 0. The maximum atomic E-state index is 12.0. The van der Waals surface area contributed by atoms with Crippen LogP contribution in [0, 0.1) is 5.41 Å². The van der Waals surface area contributed by atoms with E-state index in [4.69, 9.17) is 0 Å². The Labute approximate surface area is 162 Å². The maximum absolute atomic E-state index is 12.0. The Morgan fingerprint density at radius 1 is 0.308 bits per heavy atom. The fourth-order valence-corrected chi connectivity index (χ4v) is 6.81. The molecule has 0 amide bonds. The Balaban J connectivity index is 1.89. The number of aliphatic hydroxyl groups is 2. The van der Waals surface area contributed by atoms with E-state index < -0.39 is 11.2 Å². The van der Waals surface area contributed by atoms with Crippen molar-refractivity contribution in [2.24, 2.45) is 5.41 Å². The monoisotopic (exact) mass is 364 g/mol. The summed E-state index contributed by atoms with van der Waals surface area (Å²) in [6.45, 7) is 0. The Kier molecular flexibility index (Phi) is 7.48. The summed E-state index contributed by atoms with van der Waals surface area (Å²) in [7, 11) is 0. The zero-order chi connectivity index (χ0) is 18.3. The van der Waals surface area contributed by atoms with Crippen molar-refractivity contribution < 1.29 is 10.2 Å². The summed E-state index contributed by atoms with van der Waals surface area (Å²) in [6.07, 6.45) is 24.7. The van der Waals surface area contributed by atoms with E-state index in [-0.39, 0.29) is 5.41 Å². The predicted octanol–water partition coefficient (Wildman–Crippen LogP) is 6.67. The van der Waals surface area contributed by atoms with Crippen LogP contribution in [0.25, 0.3) is 0 Å². The second-order valence-electron chi connectivity index (χ2n) is 9.95. The van der Waals surface area contributed by atoms with E-state index in [1.807, 2.05) is 0 Å². The van der Waals surface area contributed by atoms with Gasteiger partial charge in [-0.25, -0.2) is 0 Å². The van der Waals surface area contributed by atoms with Crippen LogP contribution in [0.1, 0.15) is 135 Å². The zero-order valence-corrected chi connectivity index (χ0v) is 17.2. The van der Waals surface area contributed by atoms with Gasteiger partial charge in [-0.05, 0) is 38.5 Å². The van der Waals surface area contributed by atoms with E-state index in [2.05, 4.69) is 0 Å². The summed E-state index contributed by atoms with van der Waals surface area (Å²) in [5.41, 5.74) is -1.50. The Morgan fingerprint density at radius 2 is 0.538 bits per heavy atom. The molecular weight excluding hydrogens is 320 g/mol. The normalized spacial score (nSPS) is 30.7. The minimum Gasteiger partial charge on any atom is -0.389 e. The molecule has 3 aliphatic rings. The van der Waals surface area contributed by atoms with Crippen molar-refractivity contribution in [2.75, 3.05) is 0 Å². The molecule has 26 heavy (non-hydrogen) atoms. The third-order valence-corrected chi connectivity index (χ3v) is 8.35. The SMILES string of the molecule is OC1(C2(C3(O)CCCCC3)CCCCCCCCCCC2)CCCCC1. The molecule has 2 heteroatoms. The zero-order valence-electron chi connectivity index (χ0n) is 17.2. The van der Waals surface area contributed by atoms with Crippen molar-refractivity contribution in [1.82, 2.24) is 0 Å². The van der Waals surface area contributed by atoms with Crippen LogP contribution in [0.3, 0.4) is 0 Å². The lowest BCUT2D eigenvalue weighted by molar-refractivity contribution is -0.228. The van der Waals surface area contributed by atoms with Crippen LogP contribution < -0.4 is 0 Å². The highest BCUT2D eigenvalue weighted by Crippen LogP contribution is 2.58. The van der Waals surface area contributed by atoms with Gasteiger partial charge in [0.25, 0.3) is 0 Å². The van der Waals surface area contributed by atoms with Crippen LogP contribution in [0.15, 0.2) is 0 Å². The third kappa shape index (κ3) is 4.32. The molecule has 3 aliphatic carbocycles. The second kappa shape index (κ2) is 9.41. The highest BCUT2D eigenvalue weighted by atomic mass is 16.3. The predicted molar refractivity (Wildman–Crippen MR) is 109 cm³/mol. The van der Waals surface area contributed by atoms with Gasteiger partial charge in [0.1, 0.15) is 0 Å². The topological polar surface area (TPSA) is 40.5 Å². The van der Waals surface area contributed by atoms with Crippen molar-refractivity contribution in [3.05, 3.63) is 0 Å². The molecular formula is C24H44O2. The molecule has 3 rings (SSSR count). The van der Waals surface area contributed by atoms with E-state index in [1.165, 1.54) is 70.6 Å². The Hall–Kier alpha value is -0.0800. The van der Waals surface area contributed by atoms with E-state index >= 15 is 0 Å². The molecule has 2 N–H and O–H groups in total. The molecule has 0 heterocycles. The highest BCUT2D eigenvalue weighted by Gasteiger charge is 2.60. The van der Waals surface area contributed by atoms with Gasteiger partial charge in [-0.3, -0.25) is 0 Å². The van der Waals surface area contributed by atoms with E-state index in [9.17, 15) is 10.2 Å². The third-order valence-electron chi connectivity index (χ3n) is 8.35. The Morgan fingerprint density at radius 3 is 0.885 bits per heavy atom. The van der Waals surface area contributed by atoms with Crippen LogP contribution in [-0.4, -0.2) is 21.4 Å². The average Bonchev–Trinajstić information content (AvgIpc) is 2.63. The quantitative estimate of drug-likeness (QED) is 0.574. The van der Waals surface area contributed by atoms with Gasteiger partial charge in [-0.15, -0.1) is 0 Å². The van der Waals surface area contributed by atoms with Gasteiger partial charge < -0.3 is 10.2 Å². The first kappa shape index (κ1) is 20.6. The van der Waals surface area contributed by atoms with Gasteiger partial charge in [-0.1, -0.05) is 96.3 Å². The standard InChI is InChI=1S/C24H44O2/c25-23(18-12-8-13-19-23)22(24(26)20-14-9-15-21-24)16-10-6-4-2-1-3-5-7-11-17-22/h25-26H,1-21H2. The van der Waals surface area contributed by atoms with E-state index in [1.54, 1.807) is 0 Å². The van der Waals surface area contributed by atoms with Gasteiger partial charge in [-0.2, -0.15) is 0 Å². The number of rotatable bonds is 2. The van der Waals surface area contributed by atoms with Gasteiger partial charge in [0.2, 0.25) is 0 Å². The summed E-state index contributed by atoms with van der Waals surface area (Å²) in [5, 5.41) is 24.0. The molecule has 0 aliphatic heterocycles. The summed E-state index contributed by atoms with van der Waals surface area (Å²) in [5.74, 6) is 0. The lowest BCUT2D eigenvalue weighted by atomic mass is 9.50. The lowest BCUT2D eigenvalue weighted by Crippen LogP contribution is -2.63. The van der Waals surface area contributed by atoms with Gasteiger partial charge in [0.05, 0.1) is 11.2 Å². The average molecular weight is 365 g/mol. The molecule has 0 unspecified atom stereocenters. The largest absolute Gasteiger partial charge is 0.389 e. The smallest absolute Gasteiger partial charge is 0.0731 e. The summed E-state index contributed by atoms with van der Waals surface area (Å²) in [6, 6.07) is 0. The molecule has 0 saturated heterocycles. The van der Waals surface area contributed by atoms with Crippen molar-refractivity contribution in [1.29, 1.82) is 0 Å². The van der Waals surface area contributed by atoms with Gasteiger partial charge in [0, 0.05) is 5.41 Å². The van der Waals surface area contributed by atoms with Crippen molar-refractivity contribution >= 4 is 0 Å². The highest BCUT2D eigenvalue weighted by molar-refractivity contribution is 5.11. The molecule has 0 bridgehead atoms. The summed E-state index contributed by atoms with van der Waals surface area (Å²) < 4.78 is 0. The number of hydrogen-bond donors (Lipinski definition) is 2. The Bertz CT molecular complexity index is 366. The van der Waals surface area contributed by atoms with Gasteiger partial charge in [0.15, 0.2) is 0 Å². The van der Waals surface area contributed by atoms with Crippen molar-refractivity contribution in [3.8, 4) is 0 Å². The summed E-state index contributed by atoms with van der Waals surface area (Å²) >= 11 is 0. The molecule has 0 atom stereocenters. The molecule has 152 valence electrons. The molecule has 2 nitrogen and oxygen atoms in total. The molecule has 0 radical (unpaired) electrons. The first-order chi connectivity index (χ1) is 12.6. The molecule has 3 saturated carbocycles. The molecule has 0 aromatic heterocycles. The van der Waals surface area contributed by atoms with Crippen LogP contribution in [0.2, 0.25) is 0 Å². The fraction of sp³-hybridized carbons (Fsp3) is 1.00. The first-order valence-corrected chi connectivity index (χ1v) is 12.1. The molecule has 0 aromatic carbocycles. The van der Waals surface area contributed by atoms with Crippen LogP contribution in [0.4, 0.5) is 0 Å². The lowest BCUT2D eigenvalue weighted by Gasteiger charge is -2.59.